The molecule has 1 saturated carbocycles. The van der Waals surface area contributed by atoms with Crippen LogP contribution in [0.4, 0.5) is 9.18 Å². The van der Waals surface area contributed by atoms with Crippen molar-refractivity contribution in [2.45, 2.75) is 44.7 Å². The number of benzene rings is 1. The van der Waals surface area contributed by atoms with E-state index in [4.69, 9.17) is 4.74 Å². The second-order valence-corrected chi connectivity index (χ2v) is 6.22. The van der Waals surface area contributed by atoms with Crippen LogP contribution in [0, 0.1) is 5.82 Å². The molecule has 5 nitrogen and oxygen atoms in total. The molecule has 25 heavy (non-hydrogen) atoms. The number of urea groups is 1. The van der Waals surface area contributed by atoms with Gasteiger partial charge in [-0.2, -0.15) is 0 Å². The van der Waals surface area contributed by atoms with Crippen molar-refractivity contribution in [2.75, 3.05) is 0 Å². The van der Waals surface area contributed by atoms with Crippen molar-refractivity contribution in [1.29, 1.82) is 0 Å². The summed E-state index contributed by atoms with van der Waals surface area (Å²) in [5.74, 6) is 0.627. The minimum Gasteiger partial charge on any atom is -0.439 e. The lowest BCUT2D eigenvalue weighted by atomic mass is 9.96. The monoisotopic (exact) mass is 343 g/mol. The number of rotatable bonds is 5. The molecular formula is C19H22FN3O2. The number of ether oxygens (including phenoxy) is 1. The summed E-state index contributed by atoms with van der Waals surface area (Å²) < 4.78 is 18.4. The summed E-state index contributed by atoms with van der Waals surface area (Å²) in [6.45, 7) is 0.405. The minimum absolute atomic E-state index is 0.140. The standard InChI is InChI=1S/C19H22FN3O2/c20-15-7-9-17(10-8-15)25-18-11-6-14(12-21-18)13-22-19(24)23-16-4-2-1-3-5-16/h6-12,16H,1-5,13H2,(H2,22,23,24). The Morgan fingerprint density at radius 3 is 2.56 bits per heavy atom. The van der Waals surface area contributed by atoms with Gasteiger partial charge in [-0.15, -0.1) is 0 Å². The molecule has 2 N–H and O–H groups in total. The molecule has 3 rings (SSSR count). The Morgan fingerprint density at radius 1 is 1.12 bits per heavy atom. The van der Waals surface area contributed by atoms with Gasteiger partial charge in [-0.3, -0.25) is 0 Å². The maximum absolute atomic E-state index is 12.9. The van der Waals surface area contributed by atoms with Crippen molar-refractivity contribution in [1.82, 2.24) is 15.6 Å². The Balaban J connectivity index is 1.45. The summed E-state index contributed by atoms with van der Waals surface area (Å²) in [5, 5.41) is 5.86. The van der Waals surface area contributed by atoms with E-state index >= 15 is 0 Å². The van der Waals surface area contributed by atoms with E-state index in [0.29, 0.717) is 24.2 Å². The molecule has 2 aromatic rings. The van der Waals surface area contributed by atoms with Crippen LogP contribution < -0.4 is 15.4 Å². The number of carbonyl (C=O) groups excluding carboxylic acids is 1. The number of aromatic nitrogens is 1. The van der Waals surface area contributed by atoms with Gasteiger partial charge in [-0.25, -0.2) is 14.2 Å². The van der Waals surface area contributed by atoms with Crippen molar-refractivity contribution in [3.8, 4) is 11.6 Å². The molecule has 0 radical (unpaired) electrons. The lowest BCUT2D eigenvalue weighted by molar-refractivity contribution is 0.232. The zero-order valence-corrected chi connectivity index (χ0v) is 14.0. The second-order valence-electron chi connectivity index (χ2n) is 6.22. The van der Waals surface area contributed by atoms with Gasteiger partial charge in [0.25, 0.3) is 0 Å². The summed E-state index contributed by atoms with van der Waals surface area (Å²) >= 11 is 0. The number of amides is 2. The molecule has 0 atom stereocenters. The molecule has 132 valence electrons. The molecule has 1 heterocycles. The first-order valence-corrected chi connectivity index (χ1v) is 8.62. The average molecular weight is 343 g/mol. The van der Waals surface area contributed by atoms with Gasteiger partial charge in [-0.05, 0) is 42.7 Å². The van der Waals surface area contributed by atoms with Crippen LogP contribution in [-0.4, -0.2) is 17.1 Å². The Morgan fingerprint density at radius 2 is 1.88 bits per heavy atom. The first kappa shape index (κ1) is 17.2. The first-order valence-electron chi connectivity index (χ1n) is 8.62. The number of carbonyl (C=O) groups is 1. The Bertz CT molecular complexity index is 683. The molecule has 2 amide bonds. The van der Waals surface area contributed by atoms with Crippen LogP contribution in [0.15, 0.2) is 42.6 Å². The van der Waals surface area contributed by atoms with Crippen LogP contribution in [0.3, 0.4) is 0 Å². The van der Waals surface area contributed by atoms with Gasteiger partial charge < -0.3 is 15.4 Å². The van der Waals surface area contributed by atoms with Crippen LogP contribution >= 0.6 is 0 Å². The van der Waals surface area contributed by atoms with Gasteiger partial charge >= 0.3 is 6.03 Å². The van der Waals surface area contributed by atoms with Gasteiger partial charge in [-0.1, -0.05) is 25.3 Å². The molecule has 0 spiro atoms. The number of halogens is 1. The van der Waals surface area contributed by atoms with E-state index in [1.165, 1.54) is 31.4 Å². The summed E-state index contributed by atoms with van der Waals surface area (Å²) in [6.07, 6.45) is 7.40. The van der Waals surface area contributed by atoms with Gasteiger partial charge in [0.05, 0.1) is 0 Å². The van der Waals surface area contributed by atoms with Gasteiger partial charge in [0, 0.05) is 24.8 Å². The Labute approximate surface area is 146 Å². The van der Waals surface area contributed by atoms with Crippen LogP contribution in [-0.2, 0) is 6.54 Å². The molecule has 1 aliphatic rings. The normalized spacial score (nSPS) is 14.8. The number of hydrogen-bond acceptors (Lipinski definition) is 3. The topological polar surface area (TPSA) is 63.2 Å². The molecule has 6 heteroatoms. The molecule has 0 saturated heterocycles. The molecule has 1 aromatic heterocycles. The predicted octanol–water partition coefficient (Wildman–Crippen LogP) is 4.14. The maximum atomic E-state index is 12.9. The van der Waals surface area contributed by atoms with Crippen molar-refractivity contribution < 1.29 is 13.9 Å². The highest BCUT2D eigenvalue weighted by Gasteiger charge is 2.15. The summed E-state index contributed by atoms with van der Waals surface area (Å²) in [7, 11) is 0. The van der Waals surface area contributed by atoms with Crippen molar-refractivity contribution in [3.05, 3.63) is 54.0 Å². The number of nitrogens with zero attached hydrogens (tertiary/aromatic N) is 1. The molecule has 0 bridgehead atoms. The molecule has 0 unspecified atom stereocenters. The fourth-order valence-corrected chi connectivity index (χ4v) is 2.86. The fourth-order valence-electron chi connectivity index (χ4n) is 2.86. The number of nitrogens with one attached hydrogen (secondary N) is 2. The van der Waals surface area contributed by atoms with Crippen molar-refractivity contribution in [3.63, 3.8) is 0 Å². The summed E-state index contributed by atoms with van der Waals surface area (Å²) in [5.41, 5.74) is 0.880. The van der Waals surface area contributed by atoms with Crippen LogP contribution in [0.1, 0.15) is 37.7 Å². The van der Waals surface area contributed by atoms with Crippen LogP contribution in [0.2, 0.25) is 0 Å². The van der Waals surface area contributed by atoms with Gasteiger partial charge in [0.2, 0.25) is 5.88 Å². The highest BCUT2D eigenvalue weighted by Crippen LogP contribution is 2.19. The minimum atomic E-state index is -0.312. The zero-order valence-electron chi connectivity index (χ0n) is 14.0. The molecule has 0 aliphatic heterocycles. The zero-order chi connectivity index (χ0) is 17.5. The second kappa shape index (κ2) is 8.46. The van der Waals surface area contributed by atoms with E-state index in [1.807, 2.05) is 6.07 Å². The molecule has 1 aliphatic carbocycles. The fraction of sp³-hybridized carbons (Fsp3) is 0.368. The van der Waals surface area contributed by atoms with E-state index in [2.05, 4.69) is 15.6 Å². The average Bonchev–Trinajstić information content (AvgIpc) is 2.64. The van der Waals surface area contributed by atoms with Crippen LogP contribution in [0.25, 0.3) is 0 Å². The van der Waals surface area contributed by atoms with Crippen molar-refractivity contribution in [2.24, 2.45) is 0 Å². The van der Waals surface area contributed by atoms with E-state index in [1.54, 1.807) is 24.4 Å². The van der Waals surface area contributed by atoms with Crippen LogP contribution in [0.5, 0.6) is 11.6 Å². The van der Waals surface area contributed by atoms with E-state index in [0.717, 1.165) is 18.4 Å². The Hall–Kier alpha value is -2.63. The highest BCUT2D eigenvalue weighted by molar-refractivity contribution is 5.74. The lowest BCUT2D eigenvalue weighted by Crippen LogP contribution is -2.42. The molecule has 1 fully saturated rings. The summed E-state index contributed by atoms with van der Waals surface area (Å²) in [6, 6.07) is 9.46. The van der Waals surface area contributed by atoms with Crippen molar-refractivity contribution >= 4 is 6.03 Å². The van der Waals surface area contributed by atoms with Gasteiger partial charge in [0.15, 0.2) is 0 Å². The summed E-state index contributed by atoms with van der Waals surface area (Å²) in [4.78, 5) is 16.1. The lowest BCUT2D eigenvalue weighted by Gasteiger charge is -2.22. The van der Waals surface area contributed by atoms with E-state index in [-0.39, 0.29) is 11.8 Å². The third-order valence-corrected chi connectivity index (χ3v) is 4.23. The third-order valence-electron chi connectivity index (χ3n) is 4.23. The maximum Gasteiger partial charge on any atom is 0.315 e. The number of hydrogen-bond donors (Lipinski definition) is 2. The SMILES string of the molecule is O=C(NCc1ccc(Oc2ccc(F)cc2)nc1)NC1CCCCC1. The Kier molecular flexibility index (Phi) is 5.82. The predicted molar refractivity (Wildman–Crippen MR) is 93.0 cm³/mol. The van der Waals surface area contributed by atoms with E-state index < -0.39 is 0 Å². The van der Waals surface area contributed by atoms with E-state index in [9.17, 15) is 9.18 Å². The first-order chi connectivity index (χ1) is 12.2. The number of pyridine rings is 1. The quantitative estimate of drug-likeness (QED) is 0.857. The highest BCUT2D eigenvalue weighted by atomic mass is 19.1. The molecule has 1 aromatic carbocycles. The molecular weight excluding hydrogens is 321 g/mol. The smallest absolute Gasteiger partial charge is 0.315 e. The van der Waals surface area contributed by atoms with Gasteiger partial charge in [0.1, 0.15) is 11.6 Å². The third kappa shape index (κ3) is 5.45. The largest absolute Gasteiger partial charge is 0.439 e.